The van der Waals surface area contributed by atoms with E-state index in [1.807, 2.05) is 18.2 Å². The Bertz CT molecular complexity index is 237. The van der Waals surface area contributed by atoms with Crippen molar-refractivity contribution in [2.24, 2.45) is 0 Å². The summed E-state index contributed by atoms with van der Waals surface area (Å²) in [5.41, 5.74) is 0. The second-order valence-electron chi connectivity index (χ2n) is 1.82. The Kier molecular flexibility index (Phi) is 2.85. The first-order valence-electron chi connectivity index (χ1n) is 2.76. The molecule has 0 atom stereocenters. The van der Waals surface area contributed by atoms with E-state index in [-0.39, 0.29) is 0 Å². The molecule has 1 rings (SSSR count). The van der Waals surface area contributed by atoms with Crippen molar-refractivity contribution in [3.05, 3.63) is 21.8 Å². The largest absolute Gasteiger partial charge is 0.497 e. The van der Waals surface area contributed by atoms with Gasteiger partial charge in [0.05, 0.1) is 7.11 Å². The molecule has 0 spiro atoms. The standard InChI is InChI=1S/C7H7IOS/c1-9-5-2-3-7(10)6(8)4-5/h2-4,10H,1H3. The first kappa shape index (κ1) is 8.20. The lowest BCUT2D eigenvalue weighted by atomic mass is 10.3. The first-order valence-corrected chi connectivity index (χ1v) is 4.29. The van der Waals surface area contributed by atoms with Crippen LogP contribution in [0.2, 0.25) is 0 Å². The molecule has 0 amide bonds. The maximum Gasteiger partial charge on any atom is 0.119 e. The third-order valence-corrected chi connectivity index (χ3v) is 2.86. The second-order valence-corrected chi connectivity index (χ2v) is 3.46. The maximum atomic E-state index is 5.01. The van der Waals surface area contributed by atoms with E-state index >= 15 is 0 Å². The molecule has 0 aliphatic carbocycles. The molecule has 0 unspecified atom stereocenters. The fourth-order valence-corrected chi connectivity index (χ4v) is 1.24. The minimum absolute atomic E-state index is 0.877. The Morgan fingerprint density at radius 3 is 2.70 bits per heavy atom. The zero-order chi connectivity index (χ0) is 7.56. The van der Waals surface area contributed by atoms with Crippen molar-refractivity contribution < 1.29 is 4.74 Å². The summed E-state index contributed by atoms with van der Waals surface area (Å²) in [4.78, 5) is 0.987. The molecule has 0 N–H and O–H groups in total. The molecule has 10 heavy (non-hydrogen) atoms. The first-order chi connectivity index (χ1) is 4.74. The highest BCUT2D eigenvalue weighted by atomic mass is 127. The average Bonchev–Trinajstić information content (AvgIpc) is 1.95. The zero-order valence-electron chi connectivity index (χ0n) is 5.47. The number of benzene rings is 1. The van der Waals surface area contributed by atoms with Gasteiger partial charge in [0.1, 0.15) is 5.75 Å². The van der Waals surface area contributed by atoms with Gasteiger partial charge in [-0.1, -0.05) is 0 Å². The fourth-order valence-electron chi connectivity index (χ4n) is 0.615. The van der Waals surface area contributed by atoms with Crippen LogP contribution in [0.5, 0.6) is 5.75 Å². The lowest BCUT2D eigenvalue weighted by Gasteiger charge is -2.00. The van der Waals surface area contributed by atoms with Crippen molar-refractivity contribution in [3.8, 4) is 5.75 Å². The number of ether oxygens (including phenoxy) is 1. The lowest BCUT2D eigenvalue weighted by Crippen LogP contribution is -1.83. The Hall–Kier alpha value is 0.1000. The molecule has 0 aromatic heterocycles. The molecule has 3 heteroatoms. The van der Waals surface area contributed by atoms with Crippen LogP contribution in [0.25, 0.3) is 0 Å². The molecule has 0 fully saturated rings. The van der Waals surface area contributed by atoms with Crippen molar-refractivity contribution in [2.75, 3.05) is 7.11 Å². The average molecular weight is 266 g/mol. The van der Waals surface area contributed by atoms with Crippen molar-refractivity contribution >= 4 is 35.2 Å². The Morgan fingerprint density at radius 2 is 2.20 bits per heavy atom. The van der Waals surface area contributed by atoms with E-state index in [4.69, 9.17) is 4.74 Å². The van der Waals surface area contributed by atoms with Crippen LogP contribution in [0, 0.1) is 3.57 Å². The molecule has 1 aromatic rings. The molecule has 0 radical (unpaired) electrons. The molecule has 0 aliphatic heterocycles. The summed E-state index contributed by atoms with van der Waals surface area (Å²) in [6.45, 7) is 0. The van der Waals surface area contributed by atoms with Gasteiger partial charge in [-0.3, -0.25) is 0 Å². The van der Waals surface area contributed by atoms with E-state index in [0.717, 1.165) is 14.2 Å². The summed E-state index contributed by atoms with van der Waals surface area (Å²) in [6, 6.07) is 5.76. The van der Waals surface area contributed by atoms with Crippen LogP contribution in [0.15, 0.2) is 23.1 Å². The van der Waals surface area contributed by atoms with Crippen LogP contribution in [-0.2, 0) is 0 Å². The Balaban J connectivity index is 3.04. The van der Waals surface area contributed by atoms with Crippen LogP contribution in [-0.4, -0.2) is 7.11 Å². The van der Waals surface area contributed by atoms with Gasteiger partial charge in [0, 0.05) is 8.47 Å². The van der Waals surface area contributed by atoms with Crippen molar-refractivity contribution in [3.63, 3.8) is 0 Å². The van der Waals surface area contributed by atoms with Crippen molar-refractivity contribution in [2.45, 2.75) is 4.90 Å². The highest BCUT2D eigenvalue weighted by Crippen LogP contribution is 2.21. The normalized spacial score (nSPS) is 9.50. The number of hydrogen-bond acceptors (Lipinski definition) is 2. The van der Waals surface area contributed by atoms with Gasteiger partial charge in [-0.25, -0.2) is 0 Å². The highest BCUT2D eigenvalue weighted by molar-refractivity contribution is 14.1. The molecule has 0 saturated heterocycles. The summed E-state index contributed by atoms with van der Waals surface area (Å²) in [6.07, 6.45) is 0. The van der Waals surface area contributed by atoms with E-state index in [1.165, 1.54) is 0 Å². The Labute approximate surface area is 79.3 Å². The van der Waals surface area contributed by atoms with Crippen LogP contribution in [0.3, 0.4) is 0 Å². The number of halogens is 1. The van der Waals surface area contributed by atoms with Gasteiger partial charge in [-0.15, -0.1) is 12.6 Å². The fraction of sp³-hybridized carbons (Fsp3) is 0.143. The van der Waals surface area contributed by atoms with Gasteiger partial charge >= 0.3 is 0 Å². The van der Waals surface area contributed by atoms with Gasteiger partial charge in [-0.05, 0) is 40.8 Å². The monoisotopic (exact) mass is 266 g/mol. The molecule has 0 aliphatic rings. The van der Waals surface area contributed by atoms with Crippen molar-refractivity contribution in [1.29, 1.82) is 0 Å². The summed E-state index contributed by atoms with van der Waals surface area (Å²) in [5, 5.41) is 0. The molecule has 1 nitrogen and oxygen atoms in total. The van der Waals surface area contributed by atoms with Gasteiger partial charge in [0.25, 0.3) is 0 Å². The molecule has 1 aromatic carbocycles. The van der Waals surface area contributed by atoms with Crippen LogP contribution >= 0.6 is 35.2 Å². The van der Waals surface area contributed by atoms with Gasteiger partial charge < -0.3 is 4.74 Å². The van der Waals surface area contributed by atoms with E-state index < -0.39 is 0 Å². The van der Waals surface area contributed by atoms with Gasteiger partial charge in [-0.2, -0.15) is 0 Å². The molecule has 54 valence electrons. The lowest BCUT2D eigenvalue weighted by molar-refractivity contribution is 0.414. The molecular weight excluding hydrogens is 259 g/mol. The SMILES string of the molecule is COc1ccc(S)c(I)c1. The smallest absolute Gasteiger partial charge is 0.119 e. The third-order valence-electron chi connectivity index (χ3n) is 1.15. The van der Waals surface area contributed by atoms with E-state index in [2.05, 4.69) is 35.2 Å². The molecule has 0 bridgehead atoms. The number of methoxy groups -OCH3 is 1. The zero-order valence-corrected chi connectivity index (χ0v) is 8.52. The predicted molar refractivity (Wildman–Crippen MR) is 53.0 cm³/mol. The van der Waals surface area contributed by atoms with Crippen LogP contribution in [0.4, 0.5) is 0 Å². The predicted octanol–water partition coefficient (Wildman–Crippen LogP) is 2.59. The quantitative estimate of drug-likeness (QED) is 0.607. The number of hydrogen-bond donors (Lipinski definition) is 1. The highest BCUT2D eigenvalue weighted by Gasteiger charge is 1.95. The number of thiol groups is 1. The van der Waals surface area contributed by atoms with Crippen molar-refractivity contribution in [1.82, 2.24) is 0 Å². The van der Waals surface area contributed by atoms with Crippen LogP contribution < -0.4 is 4.74 Å². The van der Waals surface area contributed by atoms with Gasteiger partial charge in [0.2, 0.25) is 0 Å². The molecule has 0 heterocycles. The van der Waals surface area contributed by atoms with E-state index in [0.29, 0.717) is 0 Å². The second kappa shape index (κ2) is 3.48. The molecular formula is C7H7IOS. The summed E-state index contributed by atoms with van der Waals surface area (Å²) in [5.74, 6) is 0.877. The van der Waals surface area contributed by atoms with Crippen LogP contribution in [0.1, 0.15) is 0 Å². The number of rotatable bonds is 1. The van der Waals surface area contributed by atoms with Gasteiger partial charge in [0.15, 0.2) is 0 Å². The van der Waals surface area contributed by atoms with E-state index in [9.17, 15) is 0 Å². The summed E-state index contributed by atoms with van der Waals surface area (Å²) >= 11 is 6.44. The minimum atomic E-state index is 0.877. The minimum Gasteiger partial charge on any atom is -0.497 e. The summed E-state index contributed by atoms with van der Waals surface area (Å²) in [7, 11) is 1.66. The topological polar surface area (TPSA) is 9.23 Å². The summed E-state index contributed by atoms with van der Waals surface area (Å²) < 4.78 is 6.12. The Morgan fingerprint density at radius 1 is 1.50 bits per heavy atom. The van der Waals surface area contributed by atoms with E-state index in [1.54, 1.807) is 7.11 Å². The third kappa shape index (κ3) is 1.79. The maximum absolute atomic E-state index is 5.01. The molecule has 0 saturated carbocycles.